The summed E-state index contributed by atoms with van der Waals surface area (Å²) in [7, 11) is 1.61. The molecular formula is C25H27NO4. The molecule has 0 saturated heterocycles. The maximum Gasteiger partial charge on any atom is 0.259 e. The van der Waals surface area contributed by atoms with Crippen molar-refractivity contribution in [1.29, 1.82) is 0 Å². The summed E-state index contributed by atoms with van der Waals surface area (Å²) >= 11 is 0. The number of amides is 1. The number of hydrogen-bond acceptors (Lipinski definition) is 4. The van der Waals surface area contributed by atoms with E-state index in [1.165, 1.54) is 5.56 Å². The van der Waals surface area contributed by atoms with Crippen molar-refractivity contribution in [2.24, 2.45) is 0 Å². The molecule has 5 nitrogen and oxygen atoms in total. The van der Waals surface area contributed by atoms with Gasteiger partial charge in [0.05, 0.1) is 18.8 Å². The molecule has 0 heterocycles. The number of benzene rings is 3. The lowest BCUT2D eigenvalue weighted by Crippen LogP contribution is -2.15. The molecule has 3 rings (SSSR count). The molecule has 156 valence electrons. The molecule has 0 aromatic heterocycles. The van der Waals surface area contributed by atoms with Crippen molar-refractivity contribution in [1.82, 2.24) is 0 Å². The molecule has 0 radical (unpaired) electrons. The molecule has 1 N–H and O–H groups in total. The van der Waals surface area contributed by atoms with Crippen LogP contribution in [0.25, 0.3) is 0 Å². The Labute approximate surface area is 177 Å². The number of rotatable bonds is 11. The normalized spacial score (nSPS) is 10.4. The Hall–Kier alpha value is -3.31. The number of aryl methyl sites for hydroxylation is 1. The van der Waals surface area contributed by atoms with Gasteiger partial charge in [-0.1, -0.05) is 48.5 Å². The van der Waals surface area contributed by atoms with Crippen LogP contribution in [0.15, 0.2) is 78.9 Å². The van der Waals surface area contributed by atoms with E-state index in [9.17, 15) is 4.79 Å². The van der Waals surface area contributed by atoms with Crippen LogP contribution in [0, 0.1) is 0 Å². The number of nitrogens with one attached hydrogen (secondary N) is 1. The minimum atomic E-state index is -0.232. The highest BCUT2D eigenvalue weighted by atomic mass is 16.5. The molecule has 0 atom stereocenters. The van der Waals surface area contributed by atoms with Crippen LogP contribution in [0.1, 0.15) is 22.3 Å². The van der Waals surface area contributed by atoms with Crippen LogP contribution in [0.3, 0.4) is 0 Å². The van der Waals surface area contributed by atoms with Crippen LogP contribution in [0.2, 0.25) is 0 Å². The Morgan fingerprint density at radius 3 is 2.47 bits per heavy atom. The van der Waals surface area contributed by atoms with Crippen LogP contribution in [-0.4, -0.2) is 32.8 Å². The first kappa shape index (κ1) is 21.4. The summed E-state index contributed by atoms with van der Waals surface area (Å²) in [6.07, 6.45) is 1.89. The van der Waals surface area contributed by atoms with E-state index in [4.69, 9.17) is 14.2 Å². The first-order chi connectivity index (χ1) is 14.8. The summed E-state index contributed by atoms with van der Waals surface area (Å²) in [4.78, 5) is 12.7. The second-order valence-corrected chi connectivity index (χ2v) is 6.76. The Balaban J connectivity index is 1.54. The molecule has 0 saturated carbocycles. The van der Waals surface area contributed by atoms with E-state index in [0.29, 0.717) is 36.8 Å². The minimum absolute atomic E-state index is 0.232. The number of ether oxygens (including phenoxy) is 3. The van der Waals surface area contributed by atoms with Gasteiger partial charge in [-0.2, -0.15) is 0 Å². The lowest BCUT2D eigenvalue weighted by atomic mass is 10.1. The standard InChI is InChI=1S/C25H27NO4/c1-28-17-18-30-24-15-6-5-14-23(24)25(27)26-21-12-7-13-22(19-21)29-16-8-11-20-9-3-2-4-10-20/h2-7,9-10,12-15,19H,8,11,16-18H2,1H3,(H,26,27). The van der Waals surface area contributed by atoms with Crippen molar-refractivity contribution in [3.8, 4) is 11.5 Å². The van der Waals surface area contributed by atoms with Crippen molar-refractivity contribution in [3.05, 3.63) is 90.0 Å². The number of para-hydroxylation sites is 1. The monoisotopic (exact) mass is 405 g/mol. The average molecular weight is 405 g/mol. The second-order valence-electron chi connectivity index (χ2n) is 6.76. The quantitative estimate of drug-likeness (QED) is 0.457. The molecule has 0 fully saturated rings. The Morgan fingerprint density at radius 1 is 0.833 bits per heavy atom. The molecule has 0 aliphatic rings. The predicted octanol–water partition coefficient (Wildman–Crippen LogP) is 4.98. The van der Waals surface area contributed by atoms with Gasteiger partial charge in [0.2, 0.25) is 0 Å². The third-order valence-electron chi connectivity index (χ3n) is 4.49. The Kier molecular flexibility index (Phi) is 8.30. The first-order valence-electron chi connectivity index (χ1n) is 10.0. The van der Waals surface area contributed by atoms with Crippen molar-refractivity contribution in [3.63, 3.8) is 0 Å². The molecule has 0 aliphatic carbocycles. The fraction of sp³-hybridized carbons (Fsp3) is 0.240. The number of carbonyl (C=O) groups is 1. The van der Waals surface area contributed by atoms with Gasteiger partial charge in [0.25, 0.3) is 5.91 Å². The molecule has 1 amide bonds. The van der Waals surface area contributed by atoms with Gasteiger partial charge in [0.1, 0.15) is 18.1 Å². The van der Waals surface area contributed by atoms with Crippen LogP contribution >= 0.6 is 0 Å². The topological polar surface area (TPSA) is 56.8 Å². The van der Waals surface area contributed by atoms with Crippen LogP contribution in [-0.2, 0) is 11.2 Å². The van der Waals surface area contributed by atoms with Gasteiger partial charge in [0.15, 0.2) is 0 Å². The molecule has 3 aromatic carbocycles. The largest absolute Gasteiger partial charge is 0.494 e. The van der Waals surface area contributed by atoms with Crippen LogP contribution < -0.4 is 14.8 Å². The lowest BCUT2D eigenvalue weighted by molar-refractivity contribution is 0.101. The third-order valence-corrected chi connectivity index (χ3v) is 4.49. The predicted molar refractivity (Wildman–Crippen MR) is 118 cm³/mol. The first-order valence-corrected chi connectivity index (χ1v) is 10.0. The summed E-state index contributed by atoms with van der Waals surface area (Å²) in [6, 6.07) is 24.9. The van der Waals surface area contributed by atoms with Gasteiger partial charge < -0.3 is 19.5 Å². The zero-order valence-corrected chi connectivity index (χ0v) is 17.2. The molecule has 0 bridgehead atoms. The van der Waals surface area contributed by atoms with Crippen LogP contribution in [0.5, 0.6) is 11.5 Å². The molecule has 3 aromatic rings. The van der Waals surface area contributed by atoms with E-state index in [-0.39, 0.29) is 5.91 Å². The fourth-order valence-electron chi connectivity index (χ4n) is 2.99. The van der Waals surface area contributed by atoms with Gasteiger partial charge in [-0.15, -0.1) is 0 Å². The average Bonchev–Trinajstić information content (AvgIpc) is 2.78. The molecule has 0 aliphatic heterocycles. The van der Waals surface area contributed by atoms with Crippen molar-refractivity contribution in [2.75, 3.05) is 32.2 Å². The maximum absolute atomic E-state index is 12.7. The van der Waals surface area contributed by atoms with Crippen molar-refractivity contribution >= 4 is 11.6 Å². The molecule has 0 unspecified atom stereocenters. The summed E-state index contributed by atoms with van der Waals surface area (Å²) in [5.74, 6) is 1.02. The minimum Gasteiger partial charge on any atom is -0.494 e. The number of methoxy groups -OCH3 is 1. The van der Waals surface area contributed by atoms with Crippen LogP contribution in [0.4, 0.5) is 5.69 Å². The highest BCUT2D eigenvalue weighted by Gasteiger charge is 2.12. The van der Waals surface area contributed by atoms with Gasteiger partial charge in [-0.3, -0.25) is 4.79 Å². The fourth-order valence-corrected chi connectivity index (χ4v) is 2.99. The highest BCUT2D eigenvalue weighted by molar-refractivity contribution is 6.06. The summed E-state index contributed by atoms with van der Waals surface area (Å²) in [5.41, 5.74) is 2.45. The van der Waals surface area contributed by atoms with E-state index < -0.39 is 0 Å². The number of carbonyl (C=O) groups excluding carboxylic acids is 1. The Morgan fingerprint density at radius 2 is 1.63 bits per heavy atom. The summed E-state index contributed by atoms with van der Waals surface area (Å²) in [5, 5.41) is 2.92. The third kappa shape index (κ3) is 6.64. The molecule has 5 heteroatoms. The SMILES string of the molecule is COCCOc1ccccc1C(=O)Nc1cccc(OCCCc2ccccc2)c1. The van der Waals surface area contributed by atoms with Crippen molar-refractivity contribution in [2.45, 2.75) is 12.8 Å². The van der Waals surface area contributed by atoms with Gasteiger partial charge in [-0.05, 0) is 42.7 Å². The van der Waals surface area contributed by atoms with Gasteiger partial charge in [-0.25, -0.2) is 0 Å². The van der Waals surface area contributed by atoms with E-state index in [0.717, 1.165) is 18.6 Å². The van der Waals surface area contributed by atoms with E-state index >= 15 is 0 Å². The van der Waals surface area contributed by atoms with Gasteiger partial charge in [0, 0.05) is 18.9 Å². The molecule has 30 heavy (non-hydrogen) atoms. The maximum atomic E-state index is 12.7. The van der Waals surface area contributed by atoms with E-state index in [1.807, 2.05) is 54.6 Å². The summed E-state index contributed by atoms with van der Waals surface area (Å²) in [6.45, 7) is 1.45. The zero-order chi connectivity index (χ0) is 21.0. The van der Waals surface area contributed by atoms with Crippen molar-refractivity contribution < 1.29 is 19.0 Å². The van der Waals surface area contributed by atoms with E-state index in [1.54, 1.807) is 19.2 Å². The smallest absolute Gasteiger partial charge is 0.259 e. The molecular weight excluding hydrogens is 378 g/mol. The van der Waals surface area contributed by atoms with E-state index in [2.05, 4.69) is 17.4 Å². The number of anilines is 1. The number of hydrogen-bond donors (Lipinski definition) is 1. The molecule has 0 spiro atoms. The highest BCUT2D eigenvalue weighted by Crippen LogP contribution is 2.22. The lowest BCUT2D eigenvalue weighted by Gasteiger charge is -2.12. The zero-order valence-electron chi connectivity index (χ0n) is 17.2. The van der Waals surface area contributed by atoms with Gasteiger partial charge >= 0.3 is 0 Å². The summed E-state index contributed by atoms with van der Waals surface area (Å²) < 4.78 is 16.5. The Bertz CT molecular complexity index is 927. The second kappa shape index (κ2) is 11.6.